The maximum atomic E-state index is 11.7. The van der Waals surface area contributed by atoms with Crippen LogP contribution in [-0.2, 0) is 14.3 Å². The summed E-state index contributed by atoms with van der Waals surface area (Å²) in [6.45, 7) is 4.09. The zero-order chi connectivity index (χ0) is 16.7. The third kappa shape index (κ3) is 7.10. The molecule has 0 aromatic rings. The van der Waals surface area contributed by atoms with E-state index >= 15 is 0 Å². The summed E-state index contributed by atoms with van der Waals surface area (Å²) in [4.78, 5) is 17.7. The molecule has 7 nitrogen and oxygen atoms in total. The van der Waals surface area contributed by atoms with Gasteiger partial charge in [-0.3, -0.25) is 4.79 Å². The standard InChI is InChI=1S/C16H30N4O3.HI/c1-16(22-10-11-23-16)8-9-17-15(18-12-14(21)20(2)3)19-13-6-4-5-7-13;/h13H,4-12H2,1-3H3,(H2,17,18,19);1H. The van der Waals surface area contributed by atoms with Gasteiger partial charge in [-0.15, -0.1) is 24.0 Å². The Hall–Kier alpha value is -0.610. The highest BCUT2D eigenvalue weighted by molar-refractivity contribution is 14.0. The first-order chi connectivity index (χ1) is 11.0. The van der Waals surface area contributed by atoms with Crippen LogP contribution in [0.2, 0.25) is 0 Å². The van der Waals surface area contributed by atoms with Crippen molar-refractivity contribution in [2.24, 2.45) is 4.99 Å². The van der Waals surface area contributed by atoms with E-state index in [0.717, 1.165) is 19.3 Å². The summed E-state index contributed by atoms with van der Waals surface area (Å²) in [5, 5.41) is 6.74. The van der Waals surface area contributed by atoms with Gasteiger partial charge in [-0.1, -0.05) is 12.8 Å². The van der Waals surface area contributed by atoms with E-state index in [2.05, 4.69) is 15.6 Å². The van der Waals surface area contributed by atoms with Gasteiger partial charge in [-0.05, 0) is 19.8 Å². The van der Waals surface area contributed by atoms with Gasteiger partial charge in [0, 0.05) is 33.1 Å². The van der Waals surface area contributed by atoms with Crippen molar-refractivity contribution < 1.29 is 14.3 Å². The molecule has 0 bridgehead atoms. The summed E-state index contributed by atoms with van der Waals surface area (Å²) in [5.41, 5.74) is 0. The fraction of sp³-hybridized carbons (Fsp3) is 0.875. The zero-order valence-corrected chi connectivity index (χ0v) is 17.3. The van der Waals surface area contributed by atoms with Crippen LogP contribution < -0.4 is 10.6 Å². The highest BCUT2D eigenvalue weighted by Crippen LogP contribution is 2.21. The number of nitrogens with one attached hydrogen (secondary N) is 2. The fourth-order valence-corrected chi connectivity index (χ4v) is 2.81. The summed E-state index contributed by atoms with van der Waals surface area (Å²) in [6, 6.07) is 0.449. The van der Waals surface area contributed by atoms with E-state index in [4.69, 9.17) is 9.47 Å². The lowest BCUT2D eigenvalue weighted by atomic mass is 10.2. The maximum Gasteiger partial charge on any atom is 0.243 e. The molecule has 24 heavy (non-hydrogen) atoms. The molecule has 1 saturated heterocycles. The Morgan fingerprint density at radius 3 is 2.46 bits per heavy atom. The molecule has 1 saturated carbocycles. The molecule has 0 spiro atoms. The minimum atomic E-state index is -0.509. The first kappa shape index (κ1) is 21.4. The van der Waals surface area contributed by atoms with Gasteiger partial charge in [-0.2, -0.15) is 0 Å². The molecule has 1 aliphatic carbocycles. The van der Waals surface area contributed by atoms with Crippen molar-refractivity contribution in [2.75, 3.05) is 40.4 Å². The largest absolute Gasteiger partial charge is 0.356 e. The van der Waals surface area contributed by atoms with Gasteiger partial charge in [0.05, 0.1) is 13.2 Å². The summed E-state index contributed by atoms with van der Waals surface area (Å²) < 4.78 is 11.2. The Morgan fingerprint density at radius 2 is 1.88 bits per heavy atom. The van der Waals surface area contributed by atoms with Crippen molar-refractivity contribution in [3.63, 3.8) is 0 Å². The third-order valence-corrected chi connectivity index (χ3v) is 4.34. The minimum absolute atomic E-state index is 0. The van der Waals surface area contributed by atoms with E-state index < -0.39 is 5.79 Å². The molecule has 0 atom stereocenters. The SMILES string of the molecule is CN(C)C(=O)CN=C(NCCC1(C)OCCO1)NC1CCCC1.I. The van der Waals surface area contributed by atoms with Crippen molar-refractivity contribution in [3.8, 4) is 0 Å². The number of nitrogens with zero attached hydrogens (tertiary/aromatic N) is 2. The molecule has 2 fully saturated rings. The highest BCUT2D eigenvalue weighted by atomic mass is 127. The summed E-state index contributed by atoms with van der Waals surface area (Å²) >= 11 is 0. The van der Waals surface area contributed by atoms with E-state index in [1.807, 2.05) is 6.92 Å². The van der Waals surface area contributed by atoms with Gasteiger partial charge >= 0.3 is 0 Å². The predicted molar refractivity (Wildman–Crippen MR) is 105 cm³/mol. The second kappa shape index (κ2) is 10.4. The van der Waals surface area contributed by atoms with Crippen molar-refractivity contribution >= 4 is 35.8 Å². The van der Waals surface area contributed by atoms with Gasteiger partial charge in [0.1, 0.15) is 6.54 Å². The maximum absolute atomic E-state index is 11.7. The monoisotopic (exact) mass is 454 g/mol. The number of aliphatic imine (C=N–C) groups is 1. The Labute approximate surface area is 161 Å². The molecule has 2 aliphatic rings. The molecule has 8 heteroatoms. The molecular formula is C16H31IN4O3. The van der Waals surface area contributed by atoms with Gasteiger partial charge in [0.2, 0.25) is 5.91 Å². The van der Waals surface area contributed by atoms with Crippen molar-refractivity contribution in [3.05, 3.63) is 0 Å². The lowest BCUT2D eigenvalue weighted by molar-refractivity contribution is -0.145. The molecule has 2 N–H and O–H groups in total. The Kier molecular flexibility index (Phi) is 9.28. The molecule has 0 radical (unpaired) electrons. The number of hydrogen-bond donors (Lipinski definition) is 2. The van der Waals surface area contributed by atoms with E-state index in [0.29, 0.717) is 31.8 Å². The molecule has 1 heterocycles. The van der Waals surface area contributed by atoms with E-state index in [1.165, 1.54) is 12.8 Å². The van der Waals surface area contributed by atoms with Gasteiger partial charge in [0.15, 0.2) is 11.7 Å². The molecule has 1 amide bonds. The summed E-state index contributed by atoms with van der Waals surface area (Å²) in [7, 11) is 3.48. The van der Waals surface area contributed by atoms with Crippen LogP contribution in [0.4, 0.5) is 0 Å². The number of halogens is 1. The third-order valence-electron chi connectivity index (χ3n) is 4.34. The summed E-state index contributed by atoms with van der Waals surface area (Å²) in [6.07, 6.45) is 5.56. The highest BCUT2D eigenvalue weighted by Gasteiger charge is 2.30. The van der Waals surface area contributed by atoms with Crippen LogP contribution in [0.15, 0.2) is 4.99 Å². The van der Waals surface area contributed by atoms with Crippen LogP contribution in [0.1, 0.15) is 39.0 Å². The zero-order valence-electron chi connectivity index (χ0n) is 15.0. The van der Waals surface area contributed by atoms with Gasteiger partial charge < -0.3 is 25.0 Å². The Bertz CT molecular complexity index is 420. The predicted octanol–water partition coefficient (Wildman–Crippen LogP) is 1.32. The number of guanidine groups is 1. The number of carbonyl (C=O) groups excluding carboxylic acids is 1. The van der Waals surface area contributed by atoms with Crippen molar-refractivity contribution in [1.29, 1.82) is 0 Å². The van der Waals surface area contributed by atoms with E-state index in [1.54, 1.807) is 19.0 Å². The van der Waals surface area contributed by atoms with Gasteiger partial charge in [-0.25, -0.2) is 4.99 Å². The fourth-order valence-electron chi connectivity index (χ4n) is 2.81. The first-order valence-electron chi connectivity index (χ1n) is 8.51. The molecule has 0 unspecified atom stereocenters. The van der Waals surface area contributed by atoms with Crippen LogP contribution >= 0.6 is 24.0 Å². The minimum Gasteiger partial charge on any atom is -0.356 e. The van der Waals surface area contributed by atoms with E-state index in [9.17, 15) is 4.79 Å². The number of likely N-dealkylation sites (N-methyl/N-ethyl adjacent to an activating group) is 1. The van der Waals surface area contributed by atoms with Crippen LogP contribution in [0.25, 0.3) is 0 Å². The number of carbonyl (C=O) groups is 1. The summed E-state index contributed by atoms with van der Waals surface area (Å²) in [5.74, 6) is 0.186. The molecular weight excluding hydrogens is 423 g/mol. The normalized spacial score (nSPS) is 20.5. The number of rotatable bonds is 6. The lowest BCUT2D eigenvalue weighted by Crippen LogP contribution is -2.44. The molecule has 0 aromatic carbocycles. The van der Waals surface area contributed by atoms with Crippen LogP contribution in [0.5, 0.6) is 0 Å². The van der Waals surface area contributed by atoms with Crippen molar-refractivity contribution in [2.45, 2.75) is 50.9 Å². The Balaban J connectivity index is 0.00000288. The lowest BCUT2D eigenvalue weighted by Gasteiger charge is -2.23. The van der Waals surface area contributed by atoms with Crippen LogP contribution in [0.3, 0.4) is 0 Å². The average molecular weight is 454 g/mol. The number of amides is 1. The van der Waals surface area contributed by atoms with E-state index in [-0.39, 0.29) is 36.4 Å². The average Bonchev–Trinajstić information content (AvgIpc) is 3.16. The molecule has 140 valence electrons. The van der Waals surface area contributed by atoms with Crippen LogP contribution in [0, 0.1) is 0 Å². The molecule has 2 rings (SSSR count). The van der Waals surface area contributed by atoms with Gasteiger partial charge in [0.25, 0.3) is 0 Å². The topological polar surface area (TPSA) is 75.2 Å². The van der Waals surface area contributed by atoms with Crippen molar-refractivity contribution in [1.82, 2.24) is 15.5 Å². The number of ether oxygens (including phenoxy) is 2. The quantitative estimate of drug-likeness (QED) is 0.360. The second-order valence-electron chi connectivity index (χ2n) is 6.59. The molecule has 1 aliphatic heterocycles. The number of hydrogen-bond acceptors (Lipinski definition) is 4. The smallest absolute Gasteiger partial charge is 0.243 e. The molecule has 0 aromatic heterocycles. The first-order valence-corrected chi connectivity index (χ1v) is 8.51. The Morgan fingerprint density at radius 1 is 1.25 bits per heavy atom. The second-order valence-corrected chi connectivity index (χ2v) is 6.59. The van der Waals surface area contributed by atoms with Crippen LogP contribution in [-0.4, -0.2) is 69.0 Å².